The molecule has 1 aromatic heterocycles. The molecule has 0 atom stereocenters. The van der Waals surface area contributed by atoms with Crippen LogP contribution in [0.4, 0.5) is 5.69 Å². The van der Waals surface area contributed by atoms with Gasteiger partial charge in [-0.25, -0.2) is 4.98 Å². The maximum absolute atomic E-state index is 5.77. The summed E-state index contributed by atoms with van der Waals surface area (Å²) < 4.78 is 1.21. The van der Waals surface area contributed by atoms with E-state index in [0.717, 1.165) is 21.0 Å². The van der Waals surface area contributed by atoms with Crippen molar-refractivity contribution in [2.45, 2.75) is 11.8 Å². The number of aromatic nitrogens is 1. The van der Waals surface area contributed by atoms with Crippen LogP contribution < -0.4 is 5.73 Å². The number of anilines is 1. The van der Waals surface area contributed by atoms with Crippen molar-refractivity contribution in [1.82, 2.24) is 4.98 Å². The maximum Gasteiger partial charge on any atom is 0.124 e. The number of aryl methyl sites for hydroxylation is 1. The number of rotatable bonds is 1. The van der Waals surface area contributed by atoms with Gasteiger partial charge in [0.1, 0.15) is 5.01 Å². The number of fused-ring (bicyclic) bond motifs is 1. The zero-order chi connectivity index (χ0) is 12.7. The molecule has 2 N–H and O–H groups in total. The largest absolute Gasteiger partial charge is 0.398 e. The van der Waals surface area contributed by atoms with Gasteiger partial charge in [0.15, 0.2) is 0 Å². The van der Waals surface area contributed by atoms with Crippen molar-refractivity contribution in [3.63, 3.8) is 0 Å². The number of nitrogens with zero attached hydrogens (tertiary/aromatic N) is 1. The second-order valence-electron chi connectivity index (χ2n) is 4.26. The molecule has 4 heteroatoms. The number of benzene rings is 2. The van der Waals surface area contributed by atoms with Gasteiger partial charge in [-0.15, -0.1) is 24.0 Å². The molecule has 90 valence electrons. The predicted octanol–water partition coefficient (Wildman–Crippen LogP) is 4.14. The molecule has 0 fully saturated rings. The van der Waals surface area contributed by atoms with E-state index in [-0.39, 0.29) is 0 Å². The molecular formula is C14H12N2S2. The minimum Gasteiger partial charge on any atom is -0.398 e. The minimum absolute atomic E-state index is 0.694. The third-order valence-electron chi connectivity index (χ3n) is 2.82. The molecule has 0 bridgehead atoms. The van der Waals surface area contributed by atoms with E-state index in [4.69, 9.17) is 5.73 Å². The number of nitrogens with two attached hydrogens (primary N) is 1. The van der Waals surface area contributed by atoms with E-state index >= 15 is 0 Å². The Kier molecular flexibility index (Phi) is 2.76. The molecule has 3 aromatic rings. The fourth-order valence-corrected chi connectivity index (χ4v) is 3.11. The lowest BCUT2D eigenvalue weighted by atomic mass is 10.2. The van der Waals surface area contributed by atoms with Crippen molar-refractivity contribution in [1.29, 1.82) is 0 Å². The molecule has 2 aromatic carbocycles. The number of nitrogen functional groups attached to an aromatic ring is 1. The summed E-state index contributed by atoms with van der Waals surface area (Å²) in [5.74, 6) is 0. The van der Waals surface area contributed by atoms with Crippen LogP contribution in [-0.2, 0) is 0 Å². The monoisotopic (exact) mass is 272 g/mol. The lowest BCUT2D eigenvalue weighted by Gasteiger charge is -2.00. The van der Waals surface area contributed by atoms with Crippen LogP contribution in [0.1, 0.15) is 5.56 Å². The summed E-state index contributed by atoms with van der Waals surface area (Å²) >= 11 is 6.04. The molecular weight excluding hydrogens is 260 g/mol. The Labute approximate surface area is 115 Å². The van der Waals surface area contributed by atoms with Gasteiger partial charge in [-0.05, 0) is 42.8 Å². The molecule has 0 aliphatic carbocycles. The van der Waals surface area contributed by atoms with Gasteiger partial charge in [-0.3, -0.25) is 0 Å². The number of thiol groups is 1. The molecule has 2 nitrogen and oxygen atoms in total. The van der Waals surface area contributed by atoms with Gasteiger partial charge in [0, 0.05) is 16.1 Å². The summed E-state index contributed by atoms with van der Waals surface area (Å²) in [6.45, 7) is 2.09. The van der Waals surface area contributed by atoms with Crippen molar-refractivity contribution in [3.8, 4) is 10.6 Å². The van der Waals surface area contributed by atoms with E-state index in [9.17, 15) is 0 Å². The molecule has 18 heavy (non-hydrogen) atoms. The predicted molar refractivity (Wildman–Crippen MR) is 81.5 cm³/mol. The van der Waals surface area contributed by atoms with Gasteiger partial charge < -0.3 is 5.73 Å². The molecule has 1 heterocycles. The van der Waals surface area contributed by atoms with E-state index in [0.29, 0.717) is 5.69 Å². The lowest BCUT2D eigenvalue weighted by Crippen LogP contribution is -1.86. The number of hydrogen-bond acceptors (Lipinski definition) is 4. The van der Waals surface area contributed by atoms with Gasteiger partial charge in [0.05, 0.1) is 10.2 Å². The zero-order valence-corrected chi connectivity index (χ0v) is 11.6. The van der Waals surface area contributed by atoms with Crippen molar-refractivity contribution < 1.29 is 0 Å². The standard InChI is InChI=1S/C14H12N2S2/c1-8-2-5-11-13(6-8)18-14(16-11)9-3-4-10(15)12(17)7-9/h2-7,17H,15H2,1H3. The van der Waals surface area contributed by atoms with Crippen molar-refractivity contribution in [2.75, 3.05) is 5.73 Å². The Hall–Kier alpha value is -1.52. The third kappa shape index (κ3) is 1.98. The molecule has 0 aliphatic heterocycles. The van der Waals surface area contributed by atoms with Gasteiger partial charge in [0.25, 0.3) is 0 Å². The van der Waals surface area contributed by atoms with Crippen LogP contribution in [0.25, 0.3) is 20.8 Å². The Balaban J connectivity index is 2.16. The summed E-state index contributed by atoms with van der Waals surface area (Å²) in [5, 5.41) is 1.01. The molecule has 0 radical (unpaired) electrons. The van der Waals surface area contributed by atoms with E-state index in [1.807, 2.05) is 18.2 Å². The topological polar surface area (TPSA) is 38.9 Å². The SMILES string of the molecule is Cc1ccc2nc(-c3ccc(N)c(S)c3)sc2c1. The van der Waals surface area contributed by atoms with E-state index in [1.54, 1.807) is 11.3 Å². The van der Waals surface area contributed by atoms with Crippen LogP contribution >= 0.6 is 24.0 Å². The maximum atomic E-state index is 5.77. The van der Waals surface area contributed by atoms with Crippen LogP contribution in [0, 0.1) is 6.92 Å². The summed E-state index contributed by atoms with van der Waals surface area (Å²) in [5.41, 5.74) is 9.82. The highest BCUT2D eigenvalue weighted by Crippen LogP contribution is 2.32. The molecule has 0 unspecified atom stereocenters. The van der Waals surface area contributed by atoms with E-state index < -0.39 is 0 Å². The van der Waals surface area contributed by atoms with Crippen LogP contribution in [0.5, 0.6) is 0 Å². The fraction of sp³-hybridized carbons (Fsp3) is 0.0714. The first-order chi connectivity index (χ1) is 8.63. The Morgan fingerprint density at radius 3 is 2.78 bits per heavy atom. The summed E-state index contributed by atoms with van der Waals surface area (Å²) in [7, 11) is 0. The first kappa shape index (κ1) is 11.6. The molecule has 0 saturated heterocycles. The average Bonchev–Trinajstić information content (AvgIpc) is 2.75. The molecule has 0 aliphatic rings. The van der Waals surface area contributed by atoms with Crippen LogP contribution in [0.2, 0.25) is 0 Å². The first-order valence-corrected chi connectivity index (χ1v) is 6.86. The lowest BCUT2D eigenvalue weighted by molar-refractivity contribution is 1.42. The minimum atomic E-state index is 0.694. The van der Waals surface area contributed by atoms with Gasteiger partial charge >= 0.3 is 0 Å². The summed E-state index contributed by atoms with van der Waals surface area (Å²) in [6, 6.07) is 12.1. The third-order valence-corrected chi connectivity index (χ3v) is 4.28. The van der Waals surface area contributed by atoms with Crippen LogP contribution in [-0.4, -0.2) is 4.98 Å². The Bertz CT molecular complexity index is 732. The normalized spacial score (nSPS) is 11.0. The zero-order valence-electron chi connectivity index (χ0n) is 9.84. The Morgan fingerprint density at radius 1 is 1.17 bits per heavy atom. The smallest absolute Gasteiger partial charge is 0.124 e. The number of hydrogen-bond donors (Lipinski definition) is 2. The van der Waals surface area contributed by atoms with Crippen LogP contribution in [0.3, 0.4) is 0 Å². The highest BCUT2D eigenvalue weighted by molar-refractivity contribution is 7.80. The second-order valence-corrected chi connectivity index (χ2v) is 5.78. The number of thiazole rings is 1. The van der Waals surface area contributed by atoms with Gasteiger partial charge in [0.2, 0.25) is 0 Å². The van der Waals surface area contributed by atoms with Crippen molar-refractivity contribution >= 4 is 39.9 Å². The fourth-order valence-electron chi connectivity index (χ4n) is 1.83. The summed E-state index contributed by atoms with van der Waals surface area (Å²) in [4.78, 5) is 5.43. The second kappa shape index (κ2) is 4.30. The quantitative estimate of drug-likeness (QED) is 0.516. The Morgan fingerprint density at radius 2 is 2.00 bits per heavy atom. The van der Waals surface area contributed by atoms with Gasteiger partial charge in [-0.1, -0.05) is 6.07 Å². The van der Waals surface area contributed by atoms with Crippen molar-refractivity contribution in [3.05, 3.63) is 42.0 Å². The first-order valence-electron chi connectivity index (χ1n) is 5.59. The summed E-state index contributed by atoms with van der Waals surface area (Å²) in [6.07, 6.45) is 0. The van der Waals surface area contributed by atoms with E-state index in [2.05, 4.69) is 42.7 Å². The highest BCUT2D eigenvalue weighted by atomic mass is 32.1. The molecule has 0 amide bonds. The molecule has 3 rings (SSSR count). The average molecular weight is 272 g/mol. The molecule has 0 saturated carbocycles. The highest BCUT2D eigenvalue weighted by Gasteiger charge is 2.07. The van der Waals surface area contributed by atoms with Crippen LogP contribution in [0.15, 0.2) is 41.3 Å². The molecule has 0 spiro atoms. The van der Waals surface area contributed by atoms with Gasteiger partial charge in [-0.2, -0.15) is 0 Å². The van der Waals surface area contributed by atoms with E-state index in [1.165, 1.54) is 10.3 Å². The van der Waals surface area contributed by atoms with Crippen molar-refractivity contribution in [2.24, 2.45) is 0 Å².